The van der Waals surface area contributed by atoms with Gasteiger partial charge in [0.25, 0.3) is 0 Å². The van der Waals surface area contributed by atoms with Crippen molar-refractivity contribution >= 4 is 17.4 Å². The molecule has 2 amide bonds. The van der Waals surface area contributed by atoms with Crippen LogP contribution in [0, 0.1) is 13.8 Å². The van der Waals surface area contributed by atoms with Crippen molar-refractivity contribution in [2.24, 2.45) is 0 Å². The number of carbonyl (C=O) groups is 1. The van der Waals surface area contributed by atoms with Crippen molar-refractivity contribution in [1.82, 2.24) is 5.32 Å². The molecule has 0 aromatic heterocycles. The van der Waals surface area contributed by atoms with Crippen LogP contribution in [0.2, 0.25) is 0 Å². The first-order valence-electron chi connectivity index (χ1n) is 7.11. The molecule has 1 aliphatic heterocycles. The number of fused-ring (bicyclic) bond motifs is 1. The smallest absolute Gasteiger partial charge is 0.319 e. The van der Waals surface area contributed by atoms with E-state index in [2.05, 4.69) is 35.0 Å². The van der Waals surface area contributed by atoms with Crippen molar-refractivity contribution in [1.29, 1.82) is 0 Å². The van der Waals surface area contributed by atoms with Crippen molar-refractivity contribution in [3.8, 4) is 0 Å². The van der Waals surface area contributed by atoms with Crippen LogP contribution >= 0.6 is 0 Å². The maximum Gasteiger partial charge on any atom is 0.319 e. The van der Waals surface area contributed by atoms with Crippen molar-refractivity contribution in [2.45, 2.75) is 19.9 Å². The first kappa shape index (κ1) is 13.5. The van der Waals surface area contributed by atoms with E-state index in [1.165, 1.54) is 11.1 Å². The Kier molecular flexibility index (Phi) is 3.52. The van der Waals surface area contributed by atoms with Gasteiger partial charge >= 0.3 is 6.03 Å². The van der Waals surface area contributed by atoms with Gasteiger partial charge in [-0.15, -0.1) is 0 Å². The highest BCUT2D eigenvalue weighted by Crippen LogP contribution is 2.32. The largest absolute Gasteiger partial charge is 0.382 e. The van der Waals surface area contributed by atoms with Crippen LogP contribution in [0.15, 0.2) is 42.5 Å². The molecular weight excluding hydrogens is 262 g/mol. The predicted molar refractivity (Wildman–Crippen MR) is 85.7 cm³/mol. The molecule has 2 aromatic carbocycles. The fourth-order valence-electron chi connectivity index (χ4n) is 2.63. The van der Waals surface area contributed by atoms with E-state index < -0.39 is 0 Å². The summed E-state index contributed by atoms with van der Waals surface area (Å²) in [5.41, 5.74) is 5.46. The standard InChI is InChI=1S/C17H19N3O/c1-11-6-8-13(9-7-11)19-17(21)20-15-10-18-16-12(2)4-3-5-14(15)16/h3-9,15,18H,10H2,1-2H3,(H2,19,20,21). The minimum Gasteiger partial charge on any atom is -0.382 e. The van der Waals surface area contributed by atoms with Crippen LogP contribution in [0.25, 0.3) is 0 Å². The molecule has 0 saturated heterocycles. The lowest BCUT2D eigenvalue weighted by Gasteiger charge is -2.14. The van der Waals surface area contributed by atoms with Gasteiger partial charge in [-0.25, -0.2) is 4.79 Å². The molecule has 1 aliphatic rings. The van der Waals surface area contributed by atoms with Gasteiger partial charge in [-0.2, -0.15) is 0 Å². The van der Waals surface area contributed by atoms with Crippen molar-refractivity contribution in [2.75, 3.05) is 17.2 Å². The van der Waals surface area contributed by atoms with Crippen molar-refractivity contribution < 1.29 is 4.79 Å². The second-order valence-corrected chi connectivity index (χ2v) is 5.44. The summed E-state index contributed by atoms with van der Waals surface area (Å²) in [6.07, 6.45) is 0. The Morgan fingerprint density at radius 2 is 1.90 bits per heavy atom. The van der Waals surface area contributed by atoms with E-state index in [4.69, 9.17) is 0 Å². The Morgan fingerprint density at radius 3 is 2.67 bits per heavy atom. The summed E-state index contributed by atoms with van der Waals surface area (Å²) in [7, 11) is 0. The second kappa shape index (κ2) is 5.48. The second-order valence-electron chi connectivity index (χ2n) is 5.44. The molecule has 4 nitrogen and oxygen atoms in total. The van der Waals surface area contributed by atoms with Gasteiger partial charge in [0, 0.05) is 17.9 Å². The maximum atomic E-state index is 12.1. The number of carbonyl (C=O) groups excluding carboxylic acids is 1. The molecule has 0 fully saturated rings. The number of nitrogens with one attached hydrogen (secondary N) is 3. The summed E-state index contributed by atoms with van der Waals surface area (Å²) in [6, 6.07) is 13.7. The molecule has 3 rings (SSSR count). The molecule has 0 aliphatic carbocycles. The molecule has 108 valence electrons. The van der Waals surface area contributed by atoms with Gasteiger partial charge in [0.15, 0.2) is 0 Å². The Balaban J connectivity index is 1.67. The number of benzene rings is 2. The number of hydrogen-bond donors (Lipinski definition) is 3. The van der Waals surface area contributed by atoms with Gasteiger partial charge in [-0.3, -0.25) is 0 Å². The van der Waals surface area contributed by atoms with E-state index in [9.17, 15) is 4.79 Å². The third-order valence-electron chi connectivity index (χ3n) is 3.78. The zero-order chi connectivity index (χ0) is 14.8. The van der Waals surface area contributed by atoms with Crippen LogP contribution in [-0.2, 0) is 0 Å². The zero-order valence-electron chi connectivity index (χ0n) is 12.2. The minimum absolute atomic E-state index is 0.00495. The van der Waals surface area contributed by atoms with Gasteiger partial charge in [0.1, 0.15) is 0 Å². The molecule has 2 aromatic rings. The van der Waals surface area contributed by atoms with Gasteiger partial charge in [-0.05, 0) is 37.1 Å². The maximum absolute atomic E-state index is 12.1. The number of rotatable bonds is 2. The molecule has 0 radical (unpaired) electrons. The van der Waals surface area contributed by atoms with Crippen LogP contribution in [0.3, 0.4) is 0 Å². The van der Waals surface area contributed by atoms with Crippen LogP contribution in [-0.4, -0.2) is 12.6 Å². The quantitative estimate of drug-likeness (QED) is 0.788. The predicted octanol–water partition coefficient (Wildman–Crippen LogP) is 3.59. The molecule has 3 N–H and O–H groups in total. The lowest BCUT2D eigenvalue weighted by molar-refractivity contribution is 0.249. The zero-order valence-corrected chi connectivity index (χ0v) is 12.2. The van der Waals surface area contributed by atoms with Crippen LogP contribution in [0.5, 0.6) is 0 Å². The summed E-state index contributed by atoms with van der Waals surface area (Å²) < 4.78 is 0. The van der Waals surface area contributed by atoms with E-state index in [1.807, 2.05) is 37.3 Å². The molecule has 0 spiro atoms. The third-order valence-corrected chi connectivity index (χ3v) is 3.78. The van der Waals surface area contributed by atoms with Crippen LogP contribution in [0.1, 0.15) is 22.7 Å². The van der Waals surface area contributed by atoms with Gasteiger partial charge in [-0.1, -0.05) is 35.9 Å². The fraction of sp³-hybridized carbons (Fsp3) is 0.235. The highest BCUT2D eigenvalue weighted by molar-refractivity contribution is 5.90. The SMILES string of the molecule is Cc1ccc(NC(=O)NC2CNc3c(C)cccc32)cc1. The lowest BCUT2D eigenvalue weighted by atomic mass is 10.1. The average Bonchev–Trinajstić information content (AvgIpc) is 2.86. The monoisotopic (exact) mass is 281 g/mol. The molecule has 0 saturated carbocycles. The van der Waals surface area contributed by atoms with E-state index in [-0.39, 0.29) is 12.1 Å². The van der Waals surface area contributed by atoms with Crippen LogP contribution in [0.4, 0.5) is 16.2 Å². The number of anilines is 2. The van der Waals surface area contributed by atoms with Crippen molar-refractivity contribution in [3.05, 3.63) is 59.2 Å². The molecule has 4 heteroatoms. The van der Waals surface area contributed by atoms with E-state index >= 15 is 0 Å². The summed E-state index contributed by atoms with van der Waals surface area (Å²) in [5, 5.41) is 9.23. The number of para-hydroxylation sites is 1. The van der Waals surface area contributed by atoms with Gasteiger partial charge < -0.3 is 16.0 Å². The number of hydrogen-bond acceptors (Lipinski definition) is 2. The fourth-order valence-corrected chi connectivity index (χ4v) is 2.63. The molecule has 1 heterocycles. The number of urea groups is 1. The minimum atomic E-state index is -0.181. The summed E-state index contributed by atoms with van der Waals surface area (Å²) in [4.78, 5) is 12.1. The van der Waals surface area contributed by atoms with E-state index in [0.29, 0.717) is 0 Å². The van der Waals surface area contributed by atoms with Gasteiger partial charge in [0.2, 0.25) is 0 Å². The van der Waals surface area contributed by atoms with E-state index in [1.54, 1.807) is 0 Å². The Labute approximate surface area is 124 Å². The first-order valence-corrected chi connectivity index (χ1v) is 7.11. The van der Waals surface area contributed by atoms with E-state index in [0.717, 1.165) is 23.5 Å². The highest BCUT2D eigenvalue weighted by Gasteiger charge is 2.24. The molecule has 1 unspecified atom stereocenters. The van der Waals surface area contributed by atoms with Crippen LogP contribution < -0.4 is 16.0 Å². The highest BCUT2D eigenvalue weighted by atomic mass is 16.2. The lowest BCUT2D eigenvalue weighted by Crippen LogP contribution is -2.33. The number of aryl methyl sites for hydroxylation is 2. The third kappa shape index (κ3) is 2.84. The molecule has 1 atom stereocenters. The van der Waals surface area contributed by atoms with Gasteiger partial charge in [0.05, 0.1) is 6.04 Å². The Morgan fingerprint density at radius 1 is 1.14 bits per heavy atom. The summed E-state index contributed by atoms with van der Waals surface area (Å²) in [5.74, 6) is 0. The van der Waals surface area contributed by atoms with Crippen molar-refractivity contribution in [3.63, 3.8) is 0 Å². The number of amides is 2. The summed E-state index contributed by atoms with van der Waals surface area (Å²) in [6.45, 7) is 4.81. The first-order chi connectivity index (χ1) is 10.1. The molecule has 0 bridgehead atoms. The Hall–Kier alpha value is -2.49. The summed E-state index contributed by atoms with van der Waals surface area (Å²) >= 11 is 0. The molecular formula is C17H19N3O. The topological polar surface area (TPSA) is 53.2 Å². The Bertz CT molecular complexity index is 664. The molecule has 21 heavy (non-hydrogen) atoms. The normalized spacial score (nSPS) is 16.0. The average molecular weight is 281 g/mol.